The molecule has 0 aromatic heterocycles. The Balaban J connectivity index is 0.000000676. The van der Waals surface area contributed by atoms with Crippen molar-refractivity contribution in [3.63, 3.8) is 0 Å². The van der Waals surface area contributed by atoms with Crippen LogP contribution in [-0.2, 0) is 11.3 Å². The van der Waals surface area contributed by atoms with Gasteiger partial charge in [0.25, 0.3) is 11.8 Å². The summed E-state index contributed by atoms with van der Waals surface area (Å²) in [5.41, 5.74) is 2.80. The summed E-state index contributed by atoms with van der Waals surface area (Å²) in [6.07, 6.45) is -1.80. The van der Waals surface area contributed by atoms with E-state index in [4.69, 9.17) is 9.90 Å². The van der Waals surface area contributed by atoms with Crippen molar-refractivity contribution in [3.8, 4) is 0 Å². The van der Waals surface area contributed by atoms with E-state index in [9.17, 15) is 27.6 Å². The van der Waals surface area contributed by atoms with Crippen molar-refractivity contribution in [3.05, 3.63) is 65.2 Å². The van der Waals surface area contributed by atoms with Crippen molar-refractivity contribution in [1.29, 1.82) is 0 Å². The molecule has 13 heteroatoms. The lowest BCUT2D eigenvalue weighted by molar-refractivity contribution is -0.192. The maximum atomic E-state index is 13.0. The summed E-state index contributed by atoms with van der Waals surface area (Å²) in [4.78, 5) is 52.9. The fourth-order valence-corrected chi connectivity index (χ4v) is 4.77. The van der Waals surface area contributed by atoms with E-state index in [0.29, 0.717) is 29.9 Å². The molecule has 0 radical (unpaired) electrons. The molecule has 3 N–H and O–H groups in total. The molecule has 0 spiro atoms. The Morgan fingerprint density at radius 2 is 1.39 bits per heavy atom. The van der Waals surface area contributed by atoms with Gasteiger partial charge in [0.2, 0.25) is 0 Å². The van der Waals surface area contributed by atoms with Crippen molar-refractivity contribution in [2.45, 2.75) is 58.3 Å². The third kappa shape index (κ3) is 10.9. The molecule has 44 heavy (non-hydrogen) atoms. The van der Waals surface area contributed by atoms with Crippen molar-refractivity contribution >= 4 is 29.5 Å². The molecule has 0 unspecified atom stereocenters. The standard InChI is InChI=1S/C29H39N5O3.C2HF3O2/c1-29(2,3)31-26(35)24-9-7-8-22(20-24)21-32-16-18-33(19-17-32)27(36)23-10-12-25(13-11-23)30-28(37)34-14-5-4-6-15-34;3-2(4,5)1(6)7/h7-13,20H,4-6,14-19,21H2,1-3H3,(H,30,37)(H,31,35);(H,6,7). The Bertz CT molecular complexity index is 1300. The summed E-state index contributed by atoms with van der Waals surface area (Å²) in [5.74, 6) is -2.82. The van der Waals surface area contributed by atoms with Gasteiger partial charge in [0, 0.05) is 68.2 Å². The van der Waals surface area contributed by atoms with Crippen LogP contribution in [0.1, 0.15) is 66.3 Å². The first-order valence-corrected chi connectivity index (χ1v) is 14.5. The Morgan fingerprint density at radius 1 is 0.795 bits per heavy atom. The lowest BCUT2D eigenvalue weighted by atomic mass is 10.1. The van der Waals surface area contributed by atoms with Crippen LogP contribution in [0.5, 0.6) is 0 Å². The molecule has 2 aromatic rings. The number of piperidine rings is 1. The third-order valence-electron chi connectivity index (χ3n) is 7.01. The van der Waals surface area contributed by atoms with Crippen LogP contribution in [0.15, 0.2) is 48.5 Å². The molecule has 2 heterocycles. The number of alkyl halides is 3. The summed E-state index contributed by atoms with van der Waals surface area (Å²) in [6, 6.07) is 14.8. The second kappa shape index (κ2) is 15.0. The van der Waals surface area contributed by atoms with Gasteiger partial charge in [-0.15, -0.1) is 0 Å². The molecule has 0 atom stereocenters. The first kappa shape index (κ1) is 34.4. The highest BCUT2D eigenvalue weighted by molar-refractivity contribution is 5.96. The normalized spacial score (nSPS) is 16.0. The largest absolute Gasteiger partial charge is 0.490 e. The average molecular weight is 620 g/mol. The van der Waals surface area contributed by atoms with Gasteiger partial charge in [-0.1, -0.05) is 12.1 Å². The van der Waals surface area contributed by atoms with Crippen LogP contribution in [0, 0.1) is 0 Å². The van der Waals surface area contributed by atoms with Crippen LogP contribution in [0.25, 0.3) is 0 Å². The highest BCUT2D eigenvalue weighted by atomic mass is 19.4. The van der Waals surface area contributed by atoms with E-state index in [1.807, 2.05) is 54.8 Å². The van der Waals surface area contributed by atoms with Crippen LogP contribution in [0.3, 0.4) is 0 Å². The van der Waals surface area contributed by atoms with Crippen LogP contribution < -0.4 is 10.6 Å². The average Bonchev–Trinajstić information content (AvgIpc) is 2.97. The summed E-state index contributed by atoms with van der Waals surface area (Å²) in [5, 5.41) is 13.1. The molecule has 240 valence electrons. The molecule has 0 bridgehead atoms. The zero-order valence-electron chi connectivity index (χ0n) is 25.2. The highest BCUT2D eigenvalue weighted by Crippen LogP contribution is 2.17. The van der Waals surface area contributed by atoms with Crippen molar-refractivity contribution < 1.29 is 37.5 Å². The van der Waals surface area contributed by atoms with E-state index >= 15 is 0 Å². The van der Waals surface area contributed by atoms with E-state index < -0.39 is 12.1 Å². The Labute approximate surface area is 255 Å². The minimum atomic E-state index is -5.08. The lowest BCUT2D eigenvalue weighted by Crippen LogP contribution is -2.48. The second-order valence-electron chi connectivity index (χ2n) is 11.8. The number of carboxylic acids is 1. The predicted molar refractivity (Wildman–Crippen MR) is 159 cm³/mol. The molecule has 4 amide bonds. The highest BCUT2D eigenvalue weighted by Gasteiger charge is 2.38. The van der Waals surface area contributed by atoms with Crippen molar-refractivity contribution in [2.75, 3.05) is 44.6 Å². The molecule has 4 rings (SSSR count). The topological polar surface area (TPSA) is 122 Å². The molecule has 0 aliphatic carbocycles. The summed E-state index contributed by atoms with van der Waals surface area (Å²) < 4.78 is 31.7. The number of carbonyl (C=O) groups excluding carboxylic acids is 3. The fourth-order valence-electron chi connectivity index (χ4n) is 4.77. The number of piperazine rings is 1. The monoisotopic (exact) mass is 619 g/mol. The number of carbonyl (C=O) groups is 4. The van der Waals surface area contributed by atoms with E-state index in [0.717, 1.165) is 51.1 Å². The zero-order valence-corrected chi connectivity index (χ0v) is 25.2. The second-order valence-corrected chi connectivity index (χ2v) is 11.8. The molecular formula is C31H40F3N5O5. The van der Waals surface area contributed by atoms with Crippen molar-refractivity contribution in [2.24, 2.45) is 0 Å². The number of hydrogen-bond donors (Lipinski definition) is 3. The van der Waals surface area contributed by atoms with Gasteiger partial charge in [-0.25, -0.2) is 9.59 Å². The summed E-state index contributed by atoms with van der Waals surface area (Å²) in [7, 11) is 0. The number of urea groups is 1. The van der Waals surface area contributed by atoms with Gasteiger partial charge in [-0.2, -0.15) is 13.2 Å². The van der Waals surface area contributed by atoms with E-state index in [1.165, 1.54) is 6.42 Å². The maximum Gasteiger partial charge on any atom is 0.490 e. The van der Waals surface area contributed by atoms with Crippen molar-refractivity contribution in [1.82, 2.24) is 20.0 Å². The number of carboxylic acid groups (broad SMARTS) is 1. The van der Waals surface area contributed by atoms with Crippen LogP contribution >= 0.6 is 0 Å². The van der Waals surface area contributed by atoms with E-state index in [-0.39, 0.29) is 23.4 Å². The van der Waals surface area contributed by atoms with Crippen LogP contribution in [0.2, 0.25) is 0 Å². The fraction of sp³-hybridized carbons (Fsp3) is 0.484. The molecule has 2 aromatic carbocycles. The van der Waals surface area contributed by atoms with E-state index in [1.54, 1.807) is 24.3 Å². The van der Waals surface area contributed by atoms with Gasteiger partial charge in [0.15, 0.2) is 0 Å². The maximum absolute atomic E-state index is 13.0. The number of rotatable bonds is 5. The molecule has 2 aliphatic rings. The Hall–Kier alpha value is -4.13. The van der Waals surface area contributed by atoms with Crippen LogP contribution in [-0.4, -0.2) is 94.6 Å². The zero-order chi connectivity index (χ0) is 32.5. The first-order valence-electron chi connectivity index (χ1n) is 14.5. The molecule has 2 fully saturated rings. The number of nitrogens with zero attached hydrogens (tertiary/aromatic N) is 3. The van der Waals surface area contributed by atoms with Gasteiger partial charge < -0.3 is 25.5 Å². The van der Waals surface area contributed by atoms with Gasteiger partial charge in [-0.3, -0.25) is 14.5 Å². The quantitative estimate of drug-likeness (QED) is 0.441. The van der Waals surface area contributed by atoms with Crippen LogP contribution in [0.4, 0.5) is 23.7 Å². The minimum absolute atomic E-state index is 0.00871. The number of aliphatic carboxylic acids is 1. The van der Waals surface area contributed by atoms with E-state index in [2.05, 4.69) is 15.5 Å². The smallest absolute Gasteiger partial charge is 0.475 e. The molecule has 2 aliphatic heterocycles. The van der Waals surface area contributed by atoms with Gasteiger partial charge in [0.1, 0.15) is 0 Å². The number of amides is 4. The number of anilines is 1. The predicted octanol–water partition coefficient (Wildman–Crippen LogP) is 4.82. The van der Waals surface area contributed by atoms with Gasteiger partial charge in [0.05, 0.1) is 0 Å². The Kier molecular flexibility index (Phi) is 11.7. The number of benzene rings is 2. The molecular weight excluding hydrogens is 579 g/mol. The third-order valence-corrected chi connectivity index (χ3v) is 7.01. The summed E-state index contributed by atoms with van der Waals surface area (Å²) >= 11 is 0. The number of nitrogens with one attached hydrogen (secondary N) is 2. The minimum Gasteiger partial charge on any atom is -0.475 e. The summed E-state index contributed by atoms with van der Waals surface area (Å²) in [6.45, 7) is 11.1. The van der Waals surface area contributed by atoms with Gasteiger partial charge in [-0.05, 0) is 82.0 Å². The molecule has 10 nitrogen and oxygen atoms in total. The van der Waals surface area contributed by atoms with Gasteiger partial charge >= 0.3 is 18.2 Å². The Morgan fingerprint density at radius 3 is 1.93 bits per heavy atom. The lowest BCUT2D eigenvalue weighted by Gasteiger charge is -2.35. The number of likely N-dealkylation sites (tertiary alicyclic amines) is 1. The number of hydrogen-bond acceptors (Lipinski definition) is 5. The first-order chi connectivity index (χ1) is 20.6. The molecule has 2 saturated heterocycles. The SMILES string of the molecule is CC(C)(C)NC(=O)c1cccc(CN2CCN(C(=O)c3ccc(NC(=O)N4CCCCC4)cc3)CC2)c1.O=C(O)C(F)(F)F. The number of halogens is 3. The molecule has 0 saturated carbocycles.